The molecule has 140 valence electrons. The maximum atomic E-state index is 13.3. The Hall–Kier alpha value is -3.00. The van der Waals surface area contributed by atoms with Crippen molar-refractivity contribution in [1.82, 2.24) is 24.1 Å². The van der Waals surface area contributed by atoms with Gasteiger partial charge in [0.15, 0.2) is 0 Å². The molecule has 0 aliphatic heterocycles. The van der Waals surface area contributed by atoms with Crippen LogP contribution < -0.4 is 5.56 Å². The minimum atomic E-state index is -0.132. The summed E-state index contributed by atoms with van der Waals surface area (Å²) < 4.78 is 14.1. The molecular formula is C19H21N5O3. The van der Waals surface area contributed by atoms with E-state index in [1.807, 2.05) is 45.0 Å². The molecule has 0 saturated heterocycles. The van der Waals surface area contributed by atoms with E-state index in [-0.39, 0.29) is 17.5 Å². The third-order valence-electron chi connectivity index (χ3n) is 4.60. The summed E-state index contributed by atoms with van der Waals surface area (Å²) >= 11 is 0. The molecule has 8 heteroatoms. The number of rotatable bonds is 5. The van der Waals surface area contributed by atoms with Crippen molar-refractivity contribution in [3.05, 3.63) is 46.8 Å². The van der Waals surface area contributed by atoms with Gasteiger partial charge in [0.1, 0.15) is 17.5 Å². The van der Waals surface area contributed by atoms with Gasteiger partial charge in [-0.1, -0.05) is 24.2 Å². The SMILES string of the molecule is COCC(C)c1nc(-c2ncn3c2c(=O)n(C(C)C)c2ccccc23)no1. The second-order valence-electron chi connectivity index (χ2n) is 6.88. The van der Waals surface area contributed by atoms with E-state index in [4.69, 9.17) is 9.26 Å². The lowest BCUT2D eigenvalue weighted by Crippen LogP contribution is -2.24. The third kappa shape index (κ3) is 2.73. The van der Waals surface area contributed by atoms with Gasteiger partial charge in [-0.2, -0.15) is 4.98 Å². The molecule has 27 heavy (non-hydrogen) atoms. The monoisotopic (exact) mass is 367 g/mol. The van der Waals surface area contributed by atoms with Crippen molar-refractivity contribution in [2.24, 2.45) is 0 Å². The first kappa shape index (κ1) is 17.4. The summed E-state index contributed by atoms with van der Waals surface area (Å²) in [7, 11) is 1.62. The average Bonchev–Trinajstić information content (AvgIpc) is 3.29. The van der Waals surface area contributed by atoms with E-state index in [0.717, 1.165) is 11.0 Å². The van der Waals surface area contributed by atoms with Crippen LogP contribution in [0.25, 0.3) is 28.1 Å². The van der Waals surface area contributed by atoms with E-state index < -0.39 is 0 Å². The lowest BCUT2D eigenvalue weighted by atomic mass is 10.2. The number of ether oxygens (including phenoxy) is 1. The molecular weight excluding hydrogens is 346 g/mol. The van der Waals surface area contributed by atoms with Crippen molar-refractivity contribution in [2.45, 2.75) is 32.7 Å². The maximum Gasteiger partial charge on any atom is 0.278 e. The Morgan fingerprint density at radius 2 is 1.93 bits per heavy atom. The van der Waals surface area contributed by atoms with Crippen molar-refractivity contribution < 1.29 is 9.26 Å². The largest absolute Gasteiger partial charge is 0.384 e. The van der Waals surface area contributed by atoms with Crippen molar-refractivity contribution >= 4 is 16.6 Å². The van der Waals surface area contributed by atoms with Crippen LogP contribution in [0.1, 0.15) is 38.6 Å². The van der Waals surface area contributed by atoms with Crippen LogP contribution in [0.2, 0.25) is 0 Å². The molecule has 0 aliphatic carbocycles. The highest BCUT2D eigenvalue weighted by Crippen LogP contribution is 2.25. The zero-order chi connectivity index (χ0) is 19.1. The van der Waals surface area contributed by atoms with E-state index >= 15 is 0 Å². The molecule has 0 saturated carbocycles. The molecule has 0 radical (unpaired) electrons. The van der Waals surface area contributed by atoms with E-state index in [9.17, 15) is 4.79 Å². The van der Waals surface area contributed by atoms with Gasteiger partial charge in [-0.05, 0) is 26.0 Å². The van der Waals surface area contributed by atoms with Gasteiger partial charge in [0.05, 0.1) is 23.6 Å². The number of nitrogens with zero attached hydrogens (tertiary/aromatic N) is 5. The normalized spacial score (nSPS) is 13.1. The Balaban J connectivity index is 1.98. The van der Waals surface area contributed by atoms with Gasteiger partial charge in [0.25, 0.3) is 5.56 Å². The zero-order valence-corrected chi connectivity index (χ0v) is 15.7. The van der Waals surface area contributed by atoms with E-state index in [0.29, 0.717) is 29.5 Å². The topological polar surface area (TPSA) is 87.5 Å². The predicted octanol–water partition coefficient (Wildman–Crippen LogP) is 3.03. The minimum Gasteiger partial charge on any atom is -0.384 e. The quantitative estimate of drug-likeness (QED) is 0.539. The van der Waals surface area contributed by atoms with Crippen LogP contribution in [0.3, 0.4) is 0 Å². The Labute approximate surface area is 155 Å². The van der Waals surface area contributed by atoms with Crippen LogP contribution in [0, 0.1) is 0 Å². The fraction of sp³-hybridized carbons (Fsp3) is 0.368. The Kier molecular flexibility index (Phi) is 4.27. The molecule has 8 nitrogen and oxygen atoms in total. The van der Waals surface area contributed by atoms with E-state index in [1.165, 1.54) is 0 Å². The van der Waals surface area contributed by atoms with Crippen LogP contribution in [-0.4, -0.2) is 37.8 Å². The molecule has 1 aromatic carbocycles. The highest BCUT2D eigenvalue weighted by molar-refractivity contribution is 5.83. The number of para-hydroxylation sites is 2. The molecule has 0 amide bonds. The van der Waals surface area contributed by atoms with Crippen LogP contribution in [-0.2, 0) is 4.74 Å². The third-order valence-corrected chi connectivity index (χ3v) is 4.60. The van der Waals surface area contributed by atoms with Crippen molar-refractivity contribution in [3.63, 3.8) is 0 Å². The van der Waals surface area contributed by atoms with Gasteiger partial charge in [0.2, 0.25) is 11.7 Å². The van der Waals surface area contributed by atoms with Crippen LogP contribution in [0.15, 0.2) is 39.9 Å². The summed E-state index contributed by atoms with van der Waals surface area (Å²) in [6, 6.07) is 7.77. The Morgan fingerprint density at radius 1 is 1.19 bits per heavy atom. The molecule has 0 bridgehead atoms. The van der Waals surface area contributed by atoms with Gasteiger partial charge in [0, 0.05) is 13.2 Å². The fourth-order valence-electron chi connectivity index (χ4n) is 3.36. The molecule has 0 N–H and O–H groups in total. The molecule has 4 aromatic rings. The number of methoxy groups -OCH3 is 1. The summed E-state index contributed by atoms with van der Waals surface area (Å²) in [6.07, 6.45) is 1.63. The first-order valence-corrected chi connectivity index (χ1v) is 8.86. The van der Waals surface area contributed by atoms with Crippen molar-refractivity contribution in [2.75, 3.05) is 13.7 Å². The van der Waals surface area contributed by atoms with Crippen molar-refractivity contribution in [1.29, 1.82) is 0 Å². The molecule has 4 rings (SSSR count). The summed E-state index contributed by atoms with van der Waals surface area (Å²) in [5.41, 5.74) is 2.48. The van der Waals surface area contributed by atoms with E-state index in [1.54, 1.807) is 22.4 Å². The number of imidazole rings is 1. The minimum absolute atomic E-state index is 0.00213. The molecule has 0 fully saturated rings. The smallest absolute Gasteiger partial charge is 0.278 e. The first-order valence-electron chi connectivity index (χ1n) is 8.86. The Bertz CT molecular complexity index is 1170. The van der Waals surface area contributed by atoms with Crippen LogP contribution >= 0.6 is 0 Å². The van der Waals surface area contributed by atoms with Crippen LogP contribution in [0.4, 0.5) is 0 Å². The van der Waals surface area contributed by atoms with Gasteiger partial charge in [-0.3, -0.25) is 9.20 Å². The van der Waals surface area contributed by atoms with Gasteiger partial charge < -0.3 is 13.8 Å². The molecule has 1 atom stereocenters. The predicted molar refractivity (Wildman–Crippen MR) is 101 cm³/mol. The second kappa shape index (κ2) is 6.62. The van der Waals surface area contributed by atoms with E-state index in [2.05, 4.69) is 15.1 Å². The van der Waals surface area contributed by atoms with Gasteiger partial charge >= 0.3 is 0 Å². The van der Waals surface area contributed by atoms with Crippen molar-refractivity contribution in [3.8, 4) is 11.5 Å². The molecule has 0 aliphatic rings. The standard InChI is InChI=1S/C19H21N5O3/c1-11(2)24-14-8-6-5-7-13(14)23-10-20-15(16(23)19(24)25)17-21-18(27-22-17)12(3)9-26-4/h5-8,10-12H,9H2,1-4H3. The molecule has 3 heterocycles. The molecule has 0 spiro atoms. The number of benzene rings is 1. The summed E-state index contributed by atoms with van der Waals surface area (Å²) in [4.78, 5) is 22.1. The number of hydrogen-bond donors (Lipinski definition) is 0. The Morgan fingerprint density at radius 3 is 2.63 bits per heavy atom. The number of fused-ring (bicyclic) bond motifs is 3. The second-order valence-corrected chi connectivity index (χ2v) is 6.88. The first-order chi connectivity index (χ1) is 13.0. The molecule has 3 aromatic heterocycles. The van der Waals surface area contributed by atoms with Gasteiger partial charge in [-0.15, -0.1) is 0 Å². The lowest BCUT2D eigenvalue weighted by Gasteiger charge is -2.15. The lowest BCUT2D eigenvalue weighted by molar-refractivity contribution is 0.170. The highest BCUT2D eigenvalue weighted by atomic mass is 16.5. The number of hydrogen-bond acceptors (Lipinski definition) is 6. The average molecular weight is 367 g/mol. The molecule has 1 unspecified atom stereocenters. The number of aromatic nitrogens is 5. The zero-order valence-electron chi connectivity index (χ0n) is 15.7. The van der Waals surface area contributed by atoms with Gasteiger partial charge in [-0.25, -0.2) is 4.98 Å². The fourth-order valence-corrected chi connectivity index (χ4v) is 3.36. The summed E-state index contributed by atoms with van der Waals surface area (Å²) in [5, 5.41) is 4.04. The van der Waals surface area contributed by atoms with Crippen LogP contribution in [0.5, 0.6) is 0 Å². The highest BCUT2D eigenvalue weighted by Gasteiger charge is 2.22. The summed E-state index contributed by atoms with van der Waals surface area (Å²) in [5.74, 6) is 0.717. The summed E-state index contributed by atoms with van der Waals surface area (Å²) in [6.45, 7) is 6.38. The maximum absolute atomic E-state index is 13.3.